The zero-order valence-corrected chi connectivity index (χ0v) is 19.8. The number of nitrogens with zero attached hydrogens (tertiary/aromatic N) is 2. The first-order valence-electron chi connectivity index (χ1n) is 11.9. The summed E-state index contributed by atoms with van der Waals surface area (Å²) in [7, 11) is 0. The molecule has 8 nitrogen and oxygen atoms in total. The predicted octanol–water partition coefficient (Wildman–Crippen LogP) is 2.42. The number of fused-ring (bicyclic) bond motifs is 5. The van der Waals surface area contributed by atoms with Gasteiger partial charge in [-0.1, -0.05) is 23.2 Å². The number of carbonyl (C=O) groups excluding carboxylic acids is 2. The first-order chi connectivity index (χ1) is 16.0. The fourth-order valence-electron chi connectivity index (χ4n) is 6.85. The number of rotatable bonds is 3. The van der Waals surface area contributed by atoms with Crippen LogP contribution >= 0.6 is 23.2 Å². The second-order valence-electron chi connectivity index (χ2n) is 10.3. The molecule has 2 aliphatic carbocycles. The molecule has 0 bridgehead atoms. The highest BCUT2D eigenvalue weighted by atomic mass is 35.5. The number of hydrazine groups is 2. The minimum atomic E-state index is -0.283. The summed E-state index contributed by atoms with van der Waals surface area (Å²) in [4.78, 5) is 29.8. The number of hydrogen-bond donors (Lipinski definition) is 3. The Hall–Kier alpha value is -1.58. The van der Waals surface area contributed by atoms with E-state index in [2.05, 4.69) is 21.3 Å². The van der Waals surface area contributed by atoms with Gasteiger partial charge in [0.1, 0.15) is 6.61 Å². The van der Waals surface area contributed by atoms with Crippen LogP contribution in [0.3, 0.4) is 0 Å². The molecule has 7 atom stereocenters. The van der Waals surface area contributed by atoms with Crippen molar-refractivity contribution >= 4 is 35.2 Å². The van der Waals surface area contributed by atoms with Gasteiger partial charge in [-0.05, 0) is 66.7 Å². The highest BCUT2D eigenvalue weighted by Gasteiger charge is 2.59. The van der Waals surface area contributed by atoms with Crippen molar-refractivity contribution in [2.24, 2.45) is 29.6 Å². The molecule has 0 radical (unpaired) electrons. The number of halogens is 2. The zero-order valence-electron chi connectivity index (χ0n) is 18.3. The third-order valence-corrected chi connectivity index (χ3v) is 8.93. The molecule has 3 aliphatic heterocycles. The van der Waals surface area contributed by atoms with Crippen molar-refractivity contribution in [1.29, 1.82) is 0 Å². The molecule has 6 rings (SSSR count). The fourth-order valence-corrected chi connectivity index (χ4v) is 7.42. The molecule has 3 N–H and O–H groups in total. The fraction of sp³-hybridized carbons (Fsp3) is 0.652. The molecule has 3 unspecified atom stereocenters. The Kier molecular flexibility index (Phi) is 5.69. The van der Waals surface area contributed by atoms with Crippen molar-refractivity contribution in [1.82, 2.24) is 26.2 Å². The van der Waals surface area contributed by atoms with Crippen LogP contribution in [0.25, 0.3) is 0 Å². The Morgan fingerprint density at radius 1 is 0.879 bits per heavy atom. The third-order valence-electron chi connectivity index (χ3n) is 8.49. The minimum Gasteiger partial charge on any atom is -0.445 e. The predicted molar refractivity (Wildman–Crippen MR) is 123 cm³/mol. The van der Waals surface area contributed by atoms with Gasteiger partial charge in [-0.15, -0.1) is 0 Å². The van der Waals surface area contributed by atoms with Gasteiger partial charge in [0.25, 0.3) is 0 Å². The van der Waals surface area contributed by atoms with Gasteiger partial charge >= 0.3 is 6.09 Å². The Morgan fingerprint density at radius 3 is 2.15 bits per heavy atom. The van der Waals surface area contributed by atoms with Crippen molar-refractivity contribution in [3.63, 3.8) is 0 Å². The van der Waals surface area contributed by atoms with E-state index in [1.54, 1.807) is 18.2 Å². The maximum atomic E-state index is 13.2. The summed E-state index contributed by atoms with van der Waals surface area (Å²) in [6.07, 6.45) is 2.58. The van der Waals surface area contributed by atoms with Crippen molar-refractivity contribution in [3.8, 4) is 0 Å². The molecule has 5 fully saturated rings. The zero-order chi connectivity index (χ0) is 22.7. The van der Waals surface area contributed by atoms with Gasteiger partial charge in [-0.3, -0.25) is 4.79 Å². The second kappa shape index (κ2) is 8.57. The van der Waals surface area contributed by atoms with Crippen molar-refractivity contribution in [2.45, 2.75) is 38.0 Å². The van der Waals surface area contributed by atoms with Crippen LogP contribution < -0.4 is 16.4 Å². The monoisotopic (exact) mass is 493 g/mol. The van der Waals surface area contributed by atoms with Gasteiger partial charge in [0.2, 0.25) is 5.91 Å². The van der Waals surface area contributed by atoms with Gasteiger partial charge in [0.05, 0.1) is 0 Å². The van der Waals surface area contributed by atoms with Crippen LogP contribution in [-0.2, 0) is 16.1 Å². The smallest absolute Gasteiger partial charge is 0.410 e. The normalized spacial score (nSPS) is 36.7. The first kappa shape index (κ1) is 21.9. The summed E-state index contributed by atoms with van der Waals surface area (Å²) < 4.78 is 5.53. The highest BCUT2D eigenvalue weighted by Crippen LogP contribution is 2.54. The van der Waals surface area contributed by atoms with Crippen LogP contribution in [0.1, 0.15) is 24.8 Å². The number of ether oxygens (including phenoxy) is 1. The lowest BCUT2D eigenvalue weighted by Gasteiger charge is -2.42. The lowest BCUT2D eigenvalue weighted by Crippen LogP contribution is -2.45. The number of likely N-dealkylation sites (tertiary alicyclic amines) is 2. The third kappa shape index (κ3) is 4.00. The Labute approximate surface area is 203 Å². The van der Waals surface area contributed by atoms with Gasteiger partial charge in [0, 0.05) is 54.2 Å². The number of hydrogen-bond acceptors (Lipinski definition) is 6. The molecule has 33 heavy (non-hydrogen) atoms. The highest BCUT2D eigenvalue weighted by molar-refractivity contribution is 6.34. The molecule has 10 heteroatoms. The topological polar surface area (TPSA) is 85.9 Å². The number of amides is 2. The van der Waals surface area contributed by atoms with E-state index in [0.717, 1.165) is 51.0 Å². The standard InChI is InChI=1S/C23H29Cl2N5O3/c24-14-3-12(4-15(25)6-14)11-33-23(32)30-9-18-16-7-29(8-17(16)19(18)10-30)22(31)13-1-2-20-21(5-13)27-28-26-20/h3-4,6,13,16-21,26-28H,1-2,5,7-11H2/t13?,16-,17+,18+,19-,20?,21?. The Bertz CT molecular complexity index is 924. The molecule has 2 amide bonds. The van der Waals surface area contributed by atoms with Crippen LogP contribution in [0, 0.1) is 29.6 Å². The molecule has 0 aromatic heterocycles. The molecule has 3 heterocycles. The second-order valence-corrected chi connectivity index (χ2v) is 11.1. The van der Waals surface area contributed by atoms with Gasteiger partial charge in [0.15, 0.2) is 0 Å². The number of nitrogens with one attached hydrogen (secondary N) is 3. The van der Waals surface area contributed by atoms with E-state index in [-0.39, 0.29) is 18.6 Å². The summed E-state index contributed by atoms with van der Waals surface area (Å²) in [5.41, 5.74) is 10.3. The molecule has 3 saturated heterocycles. The van der Waals surface area contributed by atoms with E-state index in [9.17, 15) is 9.59 Å². The van der Waals surface area contributed by atoms with E-state index in [4.69, 9.17) is 27.9 Å². The van der Waals surface area contributed by atoms with Gasteiger partial charge in [-0.2, -0.15) is 5.53 Å². The minimum absolute atomic E-state index is 0.115. The van der Waals surface area contributed by atoms with Crippen molar-refractivity contribution < 1.29 is 14.3 Å². The van der Waals surface area contributed by atoms with E-state index >= 15 is 0 Å². The average Bonchev–Trinajstić information content (AvgIpc) is 3.50. The van der Waals surface area contributed by atoms with Crippen LogP contribution in [0.2, 0.25) is 10.0 Å². The Balaban J connectivity index is 1.00. The maximum Gasteiger partial charge on any atom is 0.410 e. The molecule has 178 valence electrons. The van der Waals surface area contributed by atoms with E-state index in [0.29, 0.717) is 51.7 Å². The number of carbonyl (C=O) groups is 2. The lowest BCUT2D eigenvalue weighted by molar-refractivity contribution is -0.136. The van der Waals surface area contributed by atoms with Crippen LogP contribution in [0.15, 0.2) is 18.2 Å². The largest absolute Gasteiger partial charge is 0.445 e. The summed E-state index contributed by atoms with van der Waals surface area (Å²) >= 11 is 12.1. The summed E-state index contributed by atoms with van der Waals surface area (Å²) in [5, 5.41) is 1.06. The van der Waals surface area contributed by atoms with E-state index < -0.39 is 0 Å². The quantitative estimate of drug-likeness (QED) is 0.599. The molecular formula is C23H29Cl2N5O3. The van der Waals surface area contributed by atoms with Gasteiger partial charge < -0.3 is 14.5 Å². The van der Waals surface area contributed by atoms with Crippen LogP contribution in [-0.4, -0.2) is 60.1 Å². The van der Waals surface area contributed by atoms with Crippen molar-refractivity contribution in [2.75, 3.05) is 26.2 Å². The van der Waals surface area contributed by atoms with Gasteiger partial charge in [-0.25, -0.2) is 15.6 Å². The molecule has 5 aliphatic rings. The molecule has 2 saturated carbocycles. The van der Waals surface area contributed by atoms with Crippen LogP contribution in [0.5, 0.6) is 0 Å². The first-order valence-corrected chi connectivity index (χ1v) is 12.6. The maximum absolute atomic E-state index is 13.2. The summed E-state index contributed by atoms with van der Waals surface area (Å²) in [6.45, 7) is 3.27. The molecule has 1 aromatic rings. The Morgan fingerprint density at radius 2 is 1.48 bits per heavy atom. The SMILES string of the molecule is O=C(OCc1cc(Cl)cc(Cl)c1)N1C[C@@H]2[C@H](C1)[C@H]1CN(C(=O)C3CCC4NNNC4C3)C[C@@H]21. The summed E-state index contributed by atoms with van der Waals surface area (Å²) in [6, 6.07) is 5.92. The summed E-state index contributed by atoms with van der Waals surface area (Å²) in [5.74, 6) is 2.40. The average molecular weight is 494 g/mol. The molecule has 0 spiro atoms. The molecular weight excluding hydrogens is 465 g/mol. The van der Waals surface area contributed by atoms with E-state index in [1.165, 1.54) is 0 Å². The molecule has 1 aromatic carbocycles. The lowest BCUT2D eigenvalue weighted by atomic mass is 9.60. The number of benzene rings is 1. The van der Waals surface area contributed by atoms with Crippen molar-refractivity contribution in [3.05, 3.63) is 33.8 Å². The van der Waals surface area contributed by atoms with Crippen LogP contribution in [0.4, 0.5) is 4.79 Å². The van der Waals surface area contributed by atoms with E-state index in [1.807, 2.05) is 4.90 Å².